The summed E-state index contributed by atoms with van der Waals surface area (Å²) in [5, 5.41) is 4.89. The Morgan fingerprint density at radius 3 is 2.29 bits per heavy atom. The van der Waals surface area contributed by atoms with Crippen LogP contribution in [0, 0.1) is 0 Å². The molecule has 3 aromatic rings. The van der Waals surface area contributed by atoms with E-state index < -0.39 is 28.5 Å². The van der Waals surface area contributed by atoms with E-state index in [1.807, 2.05) is 44.2 Å². The summed E-state index contributed by atoms with van der Waals surface area (Å²) in [7, 11) is -3.82. The van der Waals surface area contributed by atoms with Crippen molar-refractivity contribution in [3.8, 4) is 0 Å². The van der Waals surface area contributed by atoms with Gasteiger partial charge in [0.05, 0.1) is 11.9 Å². The maximum absolute atomic E-state index is 13.6. The summed E-state index contributed by atoms with van der Waals surface area (Å²) < 4.78 is 26.8. The minimum atomic E-state index is -3.82. The van der Waals surface area contributed by atoms with Crippen LogP contribution in [0.2, 0.25) is 5.02 Å². The van der Waals surface area contributed by atoms with Crippen LogP contribution in [0.25, 0.3) is 10.8 Å². The van der Waals surface area contributed by atoms with Crippen molar-refractivity contribution in [3.63, 3.8) is 0 Å². The number of fused-ring (bicyclic) bond motifs is 1. The average molecular weight is 516 g/mol. The fourth-order valence-electron chi connectivity index (χ4n) is 3.84. The molecule has 1 N–H and O–H groups in total. The van der Waals surface area contributed by atoms with E-state index in [2.05, 4.69) is 5.32 Å². The molecule has 0 aromatic heterocycles. The second-order valence-electron chi connectivity index (χ2n) is 8.76. The summed E-state index contributed by atoms with van der Waals surface area (Å²) in [6.45, 7) is 4.94. The summed E-state index contributed by atoms with van der Waals surface area (Å²) >= 11 is 6.13. The van der Waals surface area contributed by atoms with E-state index in [4.69, 9.17) is 11.6 Å². The number of hydrogen-bond donors (Lipinski definition) is 1. The number of rotatable bonds is 9. The fraction of sp³-hybridized carbons (Fsp3) is 0.308. The summed E-state index contributed by atoms with van der Waals surface area (Å²) in [5.41, 5.74) is 1.13. The molecule has 9 heteroatoms. The van der Waals surface area contributed by atoms with Gasteiger partial charge in [0.2, 0.25) is 21.8 Å². The van der Waals surface area contributed by atoms with E-state index >= 15 is 0 Å². The van der Waals surface area contributed by atoms with Gasteiger partial charge in [0.25, 0.3) is 0 Å². The van der Waals surface area contributed by atoms with E-state index in [1.54, 1.807) is 43.3 Å². The number of amides is 2. The van der Waals surface area contributed by atoms with Crippen molar-refractivity contribution in [2.75, 3.05) is 17.1 Å². The second kappa shape index (κ2) is 11.1. The maximum Gasteiger partial charge on any atom is 0.244 e. The molecule has 0 saturated heterocycles. The highest BCUT2D eigenvalue weighted by atomic mass is 35.5. The monoisotopic (exact) mass is 515 g/mol. The molecule has 0 unspecified atom stereocenters. The van der Waals surface area contributed by atoms with Gasteiger partial charge in [0.15, 0.2) is 0 Å². The third kappa shape index (κ3) is 6.74. The number of carbonyl (C=O) groups is 2. The first-order chi connectivity index (χ1) is 16.5. The molecule has 186 valence electrons. The number of nitrogens with one attached hydrogen (secondary N) is 1. The molecule has 3 aromatic carbocycles. The number of halogens is 1. The van der Waals surface area contributed by atoms with Gasteiger partial charge >= 0.3 is 0 Å². The first-order valence-corrected chi connectivity index (χ1v) is 13.5. The van der Waals surface area contributed by atoms with Crippen LogP contribution in [0.4, 0.5) is 5.69 Å². The number of anilines is 1. The van der Waals surface area contributed by atoms with Crippen LogP contribution in [0.3, 0.4) is 0 Å². The van der Waals surface area contributed by atoms with E-state index in [0.29, 0.717) is 16.1 Å². The lowest BCUT2D eigenvalue weighted by molar-refractivity contribution is -0.139. The highest BCUT2D eigenvalue weighted by Crippen LogP contribution is 2.28. The molecule has 0 heterocycles. The van der Waals surface area contributed by atoms with E-state index in [9.17, 15) is 18.0 Å². The quantitative estimate of drug-likeness (QED) is 0.462. The zero-order valence-electron chi connectivity index (χ0n) is 20.2. The molecule has 1 atom stereocenters. The van der Waals surface area contributed by atoms with E-state index in [1.165, 1.54) is 4.90 Å². The Labute approximate surface area is 211 Å². The number of hydrogen-bond acceptors (Lipinski definition) is 4. The molecule has 2 amide bonds. The average Bonchev–Trinajstić information content (AvgIpc) is 2.79. The molecule has 0 aliphatic rings. The van der Waals surface area contributed by atoms with E-state index in [0.717, 1.165) is 21.5 Å². The topological polar surface area (TPSA) is 86.8 Å². The maximum atomic E-state index is 13.6. The molecular formula is C26H30ClN3O4S. The SMILES string of the molecule is CC(C)NC(=O)[C@H](C)N(Cc1cccc(Cl)c1)C(=O)CN(c1cccc2ccccc12)S(C)(=O)=O. The number of nitrogens with zero attached hydrogens (tertiary/aromatic N) is 2. The lowest BCUT2D eigenvalue weighted by Gasteiger charge is -2.32. The predicted octanol–water partition coefficient (Wildman–Crippen LogP) is 4.20. The van der Waals surface area contributed by atoms with Gasteiger partial charge in [0, 0.05) is 23.0 Å². The Balaban J connectivity index is 2.00. The van der Waals surface area contributed by atoms with Gasteiger partial charge < -0.3 is 10.2 Å². The molecular weight excluding hydrogens is 486 g/mol. The van der Waals surface area contributed by atoms with Crippen molar-refractivity contribution in [2.45, 2.75) is 39.4 Å². The fourth-order valence-corrected chi connectivity index (χ4v) is 4.91. The van der Waals surface area contributed by atoms with Gasteiger partial charge in [-0.2, -0.15) is 0 Å². The van der Waals surface area contributed by atoms with Crippen LogP contribution < -0.4 is 9.62 Å². The van der Waals surface area contributed by atoms with Gasteiger partial charge in [-0.3, -0.25) is 13.9 Å². The molecule has 0 saturated carbocycles. The van der Waals surface area contributed by atoms with Crippen molar-refractivity contribution in [1.29, 1.82) is 0 Å². The summed E-state index contributed by atoms with van der Waals surface area (Å²) in [5.74, 6) is -0.832. The Kier molecular flexibility index (Phi) is 8.40. The van der Waals surface area contributed by atoms with Crippen LogP contribution in [-0.2, 0) is 26.2 Å². The van der Waals surface area contributed by atoms with Gasteiger partial charge in [-0.15, -0.1) is 0 Å². The smallest absolute Gasteiger partial charge is 0.244 e. The molecule has 0 radical (unpaired) electrons. The molecule has 3 rings (SSSR count). The number of benzene rings is 3. The highest BCUT2D eigenvalue weighted by Gasteiger charge is 2.30. The van der Waals surface area contributed by atoms with Crippen LogP contribution in [0.15, 0.2) is 66.7 Å². The summed E-state index contributed by atoms with van der Waals surface area (Å²) in [4.78, 5) is 27.8. The third-order valence-corrected chi connectivity index (χ3v) is 6.92. The largest absolute Gasteiger partial charge is 0.352 e. The van der Waals surface area contributed by atoms with Crippen molar-refractivity contribution >= 4 is 49.9 Å². The lowest BCUT2D eigenvalue weighted by atomic mass is 10.1. The molecule has 35 heavy (non-hydrogen) atoms. The van der Waals surface area contributed by atoms with Crippen LogP contribution in [-0.4, -0.2) is 50.0 Å². The first-order valence-electron chi connectivity index (χ1n) is 11.3. The van der Waals surface area contributed by atoms with Crippen molar-refractivity contribution in [2.24, 2.45) is 0 Å². The van der Waals surface area contributed by atoms with Crippen molar-refractivity contribution in [3.05, 3.63) is 77.3 Å². The molecule has 7 nitrogen and oxygen atoms in total. The van der Waals surface area contributed by atoms with Gasteiger partial charge in [-0.05, 0) is 49.9 Å². The van der Waals surface area contributed by atoms with Gasteiger partial charge in [-0.25, -0.2) is 8.42 Å². The van der Waals surface area contributed by atoms with Crippen molar-refractivity contribution in [1.82, 2.24) is 10.2 Å². The molecule has 0 bridgehead atoms. The second-order valence-corrected chi connectivity index (χ2v) is 11.1. The lowest BCUT2D eigenvalue weighted by Crippen LogP contribution is -2.52. The zero-order valence-corrected chi connectivity index (χ0v) is 21.8. The molecule has 0 aliphatic heterocycles. The minimum absolute atomic E-state index is 0.0964. The molecule has 0 fully saturated rings. The third-order valence-electron chi connectivity index (χ3n) is 5.55. The molecule has 0 spiro atoms. The van der Waals surface area contributed by atoms with Crippen molar-refractivity contribution < 1.29 is 18.0 Å². The highest BCUT2D eigenvalue weighted by molar-refractivity contribution is 7.92. The first kappa shape index (κ1) is 26.5. The predicted molar refractivity (Wildman–Crippen MR) is 141 cm³/mol. The number of carbonyl (C=O) groups excluding carboxylic acids is 2. The Morgan fingerprint density at radius 1 is 0.971 bits per heavy atom. The summed E-state index contributed by atoms with van der Waals surface area (Å²) in [6.07, 6.45) is 1.07. The molecule has 0 aliphatic carbocycles. The van der Waals surface area contributed by atoms with Gasteiger partial charge in [-0.1, -0.05) is 60.1 Å². The number of sulfonamides is 1. The summed E-state index contributed by atoms with van der Waals surface area (Å²) in [6, 6.07) is 18.7. The zero-order chi connectivity index (χ0) is 25.8. The van der Waals surface area contributed by atoms with Gasteiger partial charge in [0.1, 0.15) is 12.6 Å². The van der Waals surface area contributed by atoms with Crippen LogP contribution >= 0.6 is 11.6 Å². The standard InChI is InChI=1S/C26H30ClN3O4S/c1-18(2)28-26(32)19(3)29(16-20-9-7-12-22(27)15-20)25(31)17-30(35(4,33)34)24-14-8-11-21-10-5-6-13-23(21)24/h5-15,18-19H,16-17H2,1-4H3,(H,28,32)/t19-/m0/s1. The van der Waals surface area contributed by atoms with Crippen LogP contribution in [0.5, 0.6) is 0 Å². The normalized spacial score (nSPS) is 12.4. The Bertz CT molecular complexity index is 1320. The van der Waals surface area contributed by atoms with Crippen LogP contribution in [0.1, 0.15) is 26.3 Å². The Hall–Kier alpha value is -3.10. The minimum Gasteiger partial charge on any atom is -0.352 e. The Morgan fingerprint density at radius 2 is 1.63 bits per heavy atom. The van der Waals surface area contributed by atoms with E-state index in [-0.39, 0.29) is 18.5 Å².